The van der Waals surface area contributed by atoms with Crippen molar-refractivity contribution in [1.29, 1.82) is 0 Å². The maximum absolute atomic E-state index is 14.3. The molecule has 0 aliphatic rings. The second-order valence-corrected chi connectivity index (χ2v) is 6.55. The van der Waals surface area contributed by atoms with Gasteiger partial charge >= 0.3 is 6.18 Å². The van der Waals surface area contributed by atoms with Crippen molar-refractivity contribution in [2.24, 2.45) is 7.05 Å². The first-order chi connectivity index (χ1) is 13.7. The van der Waals surface area contributed by atoms with Crippen LogP contribution in [0.2, 0.25) is 0 Å². The molecular weight excluding hydrogens is 386 g/mol. The van der Waals surface area contributed by atoms with Crippen molar-refractivity contribution in [3.8, 4) is 22.6 Å². The molecule has 0 spiro atoms. The highest BCUT2D eigenvalue weighted by Crippen LogP contribution is 2.40. The highest BCUT2D eigenvalue weighted by molar-refractivity contribution is 5.96. The number of benzene rings is 2. The van der Waals surface area contributed by atoms with E-state index in [9.17, 15) is 17.6 Å². The second-order valence-electron chi connectivity index (χ2n) is 6.55. The molecule has 0 saturated heterocycles. The van der Waals surface area contributed by atoms with E-state index in [0.29, 0.717) is 11.6 Å². The molecule has 0 aliphatic heterocycles. The van der Waals surface area contributed by atoms with Crippen molar-refractivity contribution in [3.05, 3.63) is 60.2 Å². The molecule has 0 bridgehead atoms. The first-order valence-electron chi connectivity index (χ1n) is 8.51. The minimum absolute atomic E-state index is 0.0444. The summed E-state index contributed by atoms with van der Waals surface area (Å²) in [5, 5.41) is 0.302. The van der Waals surface area contributed by atoms with E-state index in [1.54, 1.807) is 31.3 Å². The zero-order valence-corrected chi connectivity index (χ0v) is 15.1. The van der Waals surface area contributed by atoms with Crippen LogP contribution in [0, 0.1) is 5.82 Å². The third-order valence-electron chi connectivity index (χ3n) is 4.65. The predicted octanol–water partition coefficient (Wildman–Crippen LogP) is 4.62. The minimum atomic E-state index is -4.71. The number of aryl methyl sites for hydroxylation is 1. The van der Waals surface area contributed by atoms with Crippen LogP contribution in [0.3, 0.4) is 0 Å². The first kappa shape index (κ1) is 18.7. The number of fused-ring (bicyclic) bond motifs is 1. The van der Waals surface area contributed by atoms with Crippen molar-refractivity contribution < 1.29 is 17.6 Å². The molecule has 0 saturated carbocycles. The maximum atomic E-state index is 14.3. The van der Waals surface area contributed by atoms with Crippen LogP contribution >= 0.6 is 0 Å². The Morgan fingerprint density at radius 2 is 1.66 bits per heavy atom. The van der Waals surface area contributed by atoms with E-state index in [4.69, 9.17) is 11.5 Å². The summed E-state index contributed by atoms with van der Waals surface area (Å²) in [4.78, 5) is 8.02. The summed E-state index contributed by atoms with van der Waals surface area (Å²) in [6.07, 6.45) is -2.61. The van der Waals surface area contributed by atoms with Gasteiger partial charge in [-0.2, -0.15) is 13.2 Å². The molecule has 4 aromatic rings. The molecule has 0 fully saturated rings. The fourth-order valence-corrected chi connectivity index (χ4v) is 3.37. The molecule has 29 heavy (non-hydrogen) atoms. The van der Waals surface area contributed by atoms with Gasteiger partial charge in [0.15, 0.2) is 5.82 Å². The Morgan fingerprint density at radius 3 is 2.31 bits per heavy atom. The van der Waals surface area contributed by atoms with Gasteiger partial charge in [0.25, 0.3) is 0 Å². The molecule has 0 unspecified atom stereocenters. The van der Waals surface area contributed by atoms with Gasteiger partial charge < -0.3 is 16.0 Å². The number of nitrogens with two attached hydrogens (primary N) is 2. The topological polar surface area (TPSA) is 82.8 Å². The summed E-state index contributed by atoms with van der Waals surface area (Å²) >= 11 is 0. The lowest BCUT2D eigenvalue weighted by Gasteiger charge is -2.14. The fourth-order valence-electron chi connectivity index (χ4n) is 3.37. The molecule has 9 heteroatoms. The number of nitrogen functional groups attached to an aromatic ring is 2. The number of hydrogen-bond acceptors (Lipinski definition) is 4. The summed E-state index contributed by atoms with van der Waals surface area (Å²) in [6.45, 7) is 0. The van der Waals surface area contributed by atoms with Crippen LogP contribution in [-0.2, 0) is 13.2 Å². The molecule has 0 aliphatic carbocycles. The Kier molecular flexibility index (Phi) is 4.18. The summed E-state index contributed by atoms with van der Waals surface area (Å²) < 4.78 is 56.8. The number of halogens is 4. The number of rotatable bonds is 2. The highest BCUT2D eigenvalue weighted by Gasteiger charge is 2.36. The normalized spacial score (nSPS) is 11.9. The molecule has 148 valence electrons. The van der Waals surface area contributed by atoms with Gasteiger partial charge in [-0.25, -0.2) is 14.4 Å². The Morgan fingerprint density at radius 1 is 1.00 bits per heavy atom. The minimum Gasteiger partial charge on any atom is -0.398 e. The molecule has 0 radical (unpaired) electrons. The Balaban J connectivity index is 2.06. The average Bonchev–Trinajstić information content (AvgIpc) is 2.98. The molecule has 5 nitrogen and oxygen atoms in total. The van der Waals surface area contributed by atoms with Gasteiger partial charge in [0, 0.05) is 41.8 Å². The van der Waals surface area contributed by atoms with Crippen molar-refractivity contribution in [3.63, 3.8) is 0 Å². The van der Waals surface area contributed by atoms with Crippen LogP contribution in [0.15, 0.2) is 48.8 Å². The zero-order chi connectivity index (χ0) is 20.9. The van der Waals surface area contributed by atoms with Gasteiger partial charge in [0.2, 0.25) is 0 Å². The Hall–Kier alpha value is -3.62. The predicted molar refractivity (Wildman–Crippen MR) is 103 cm³/mol. The molecule has 2 heterocycles. The summed E-state index contributed by atoms with van der Waals surface area (Å²) in [5.74, 6) is -0.590. The molecule has 0 amide bonds. The highest BCUT2D eigenvalue weighted by atomic mass is 19.4. The van der Waals surface area contributed by atoms with Crippen LogP contribution in [0.4, 0.5) is 28.9 Å². The third kappa shape index (κ3) is 3.04. The quantitative estimate of drug-likeness (QED) is 0.379. The van der Waals surface area contributed by atoms with Crippen molar-refractivity contribution in [2.75, 3.05) is 11.5 Å². The first-order valence-corrected chi connectivity index (χ1v) is 8.51. The Bertz CT molecular complexity index is 1220. The number of nitrogens with zero attached hydrogens (tertiary/aromatic N) is 3. The van der Waals surface area contributed by atoms with Crippen molar-refractivity contribution >= 4 is 22.3 Å². The second kappa shape index (κ2) is 6.47. The number of hydrogen-bond donors (Lipinski definition) is 2. The third-order valence-corrected chi connectivity index (χ3v) is 4.65. The monoisotopic (exact) mass is 401 g/mol. The van der Waals surface area contributed by atoms with E-state index in [0.717, 1.165) is 0 Å². The van der Waals surface area contributed by atoms with Crippen LogP contribution in [0.1, 0.15) is 5.56 Å². The van der Waals surface area contributed by atoms with E-state index in [1.165, 1.54) is 22.9 Å². The largest absolute Gasteiger partial charge is 0.419 e. The van der Waals surface area contributed by atoms with E-state index in [1.807, 2.05) is 0 Å². The summed E-state index contributed by atoms with van der Waals surface area (Å²) in [6, 6.07) is 8.95. The van der Waals surface area contributed by atoms with Crippen LogP contribution in [0.25, 0.3) is 33.5 Å². The van der Waals surface area contributed by atoms with E-state index in [2.05, 4.69) is 9.97 Å². The standard InChI is InChI=1S/C20H15F4N5/c1-29-9-11(10-4-2-5-13(21)18(10)29)17-12(20(22,23)24)8-27-19(28-17)16-14(25)6-3-7-15(16)26/h2-9H,25-26H2,1H3. The molecular formula is C20H15F4N5. The summed E-state index contributed by atoms with van der Waals surface area (Å²) in [7, 11) is 1.55. The van der Waals surface area contributed by atoms with Gasteiger partial charge in [-0.05, 0) is 18.2 Å². The lowest BCUT2D eigenvalue weighted by molar-refractivity contribution is -0.137. The Labute approximate surface area is 162 Å². The lowest BCUT2D eigenvalue weighted by Crippen LogP contribution is -2.11. The summed E-state index contributed by atoms with van der Waals surface area (Å²) in [5.41, 5.74) is 11.5. The number of anilines is 2. The van der Waals surface area contributed by atoms with Gasteiger partial charge in [-0.15, -0.1) is 0 Å². The molecule has 4 N–H and O–H groups in total. The van der Waals surface area contributed by atoms with Crippen LogP contribution in [-0.4, -0.2) is 14.5 Å². The van der Waals surface area contributed by atoms with E-state index in [-0.39, 0.29) is 39.5 Å². The van der Waals surface area contributed by atoms with Gasteiger partial charge in [0.1, 0.15) is 11.4 Å². The number of alkyl halides is 3. The molecule has 0 atom stereocenters. The van der Waals surface area contributed by atoms with Crippen molar-refractivity contribution in [2.45, 2.75) is 6.18 Å². The SMILES string of the molecule is Cn1cc(-c2nc(-c3c(N)cccc3N)ncc2C(F)(F)F)c2cccc(F)c21. The number of para-hydroxylation sites is 1. The average molecular weight is 401 g/mol. The van der Waals surface area contributed by atoms with Crippen molar-refractivity contribution in [1.82, 2.24) is 14.5 Å². The lowest BCUT2D eigenvalue weighted by atomic mass is 10.0. The maximum Gasteiger partial charge on any atom is 0.419 e. The zero-order valence-electron chi connectivity index (χ0n) is 15.1. The molecule has 4 rings (SSSR count). The molecule has 2 aromatic heterocycles. The van der Waals surface area contributed by atoms with E-state index < -0.39 is 17.6 Å². The van der Waals surface area contributed by atoms with Crippen LogP contribution in [0.5, 0.6) is 0 Å². The fraction of sp³-hybridized carbons (Fsp3) is 0.100. The van der Waals surface area contributed by atoms with Gasteiger partial charge in [-0.1, -0.05) is 18.2 Å². The number of aromatic nitrogens is 3. The molecule has 2 aromatic carbocycles. The van der Waals surface area contributed by atoms with Gasteiger partial charge in [0.05, 0.1) is 16.8 Å². The van der Waals surface area contributed by atoms with Crippen LogP contribution < -0.4 is 11.5 Å². The smallest absolute Gasteiger partial charge is 0.398 e. The van der Waals surface area contributed by atoms with E-state index >= 15 is 0 Å². The van der Waals surface area contributed by atoms with Gasteiger partial charge in [-0.3, -0.25) is 0 Å².